The molecule has 0 radical (unpaired) electrons. The highest BCUT2D eigenvalue weighted by molar-refractivity contribution is 5.98. The van der Waals surface area contributed by atoms with Crippen molar-refractivity contribution in [2.24, 2.45) is 0 Å². The Kier molecular flexibility index (Phi) is 3.58. The number of fused-ring (bicyclic) bond motifs is 1. The van der Waals surface area contributed by atoms with E-state index in [1.165, 1.54) is 12.1 Å². The first kappa shape index (κ1) is 14.6. The Hall–Kier alpha value is -3.00. The first-order chi connectivity index (χ1) is 11.7. The Morgan fingerprint density at radius 2 is 1.50 bits per heavy atom. The molecule has 0 N–H and O–H groups in total. The molecule has 24 heavy (non-hydrogen) atoms. The van der Waals surface area contributed by atoms with Gasteiger partial charge >= 0.3 is 0 Å². The van der Waals surface area contributed by atoms with Crippen LogP contribution in [-0.2, 0) is 0 Å². The lowest BCUT2D eigenvalue weighted by atomic mass is 9.97. The van der Waals surface area contributed by atoms with Crippen LogP contribution in [0.5, 0.6) is 0 Å². The van der Waals surface area contributed by atoms with Crippen molar-refractivity contribution in [2.75, 3.05) is 0 Å². The van der Waals surface area contributed by atoms with Gasteiger partial charge < -0.3 is 0 Å². The van der Waals surface area contributed by atoms with Crippen molar-refractivity contribution >= 4 is 10.9 Å². The predicted molar refractivity (Wildman–Crippen MR) is 97.3 cm³/mol. The van der Waals surface area contributed by atoms with E-state index in [9.17, 15) is 4.39 Å². The highest BCUT2D eigenvalue weighted by Crippen LogP contribution is 2.33. The van der Waals surface area contributed by atoms with E-state index in [1.807, 2.05) is 36.4 Å². The van der Waals surface area contributed by atoms with Gasteiger partial charge in [-0.1, -0.05) is 60.7 Å². The molecule has 2 heteroatoms. The fraction of sp³-hybridized carbons (Fsp3) is 0.0455. The van der Waals surface area contributed by atoms with Gasteiger partial charge in [0.25, 0.3) is 0 Å². The Morgan fingerprint density at radius 1 is 0.750 bits per heavy atom. The minimum absolute atomic E-state index is 0.225. The molecule has 3 aromatic carbocycles. The average Bonchev–Trinajstić information content (AvgIpc) is 2.63. The number of benzene rings is 3. The molecule has 116 valence electrons. The summed E-state index contributed by atoms with van der Waals surface area (Å²) in [5, 5.41) is 1.08. The minimum atomic E-state index is -0.225. The number of halogens is 1. The molecule has 1 heterocycles. The smallest absolute Gasteiger partial charge is 0.123 e. The van der Waals surface area contributed by atoms with Crippen molar-refractivity contribution in [1.29, 1.82) is 0 Å². The Bertz CT molecular complexity index is 1010. The van der Waals surface area contributed by atoms with Crippen LogP contribution in [0, 0.1) is 12.7 Å². The summed E-state index contributed by atoms with van der Waals surface area (Å²) in [6.45, 7) is 2.07. The molecule has 4 aromatic rings. The average molecular weight is 313 g/mol. The van der Waals surface area contributed by atoms with Gasteiger partial charge in [-0.05, 0) is 41.8 Å². The van der Waals surface area contributed by atoms with Crippen molar-refractivity contribution < 1.29 is 4.39 Å². The Balaban J connectivity index is 2.04. The van der Waals surface area contributed by atoms with E-state index < -0.39 is 0 Å². The van der Waals surface area contributed by atoms with Gasteiger partial charge in [-0.2, -0.15) is 0 Å². The van der Waals surface area contributed by atoms with Crippen LogP contribution in [0.4, 0.5) is 4.39 Å². The molecule has 0 fully saturated rings. The number of para-hydroxylation sites is 1. The summed E-state index contributed by atoms with van der Waals surface area (Å²) in [7, 11) is 0. The van der Waals surface area contributed by atoms with E-state index >= 15 is 0 Å². The number of nitrogens with zero attached hydrogens (tertiary/aromatic N) is 1. The Labute approximate surface area is 140 Å². The largest absolute Gasteiger partial charge is 0.247 e. The van der Waals surface area contributed by atoms with Crippen molar-refractivity contribution in [3.8, 4) is 22.4 Å². The van der Waals surface area contributed by atoms with Crippen LogP contribution in [0.25, 0.3) is 33.3 Å². The minimum Gasteiger partial charge on any atom is -0.247 e. The SMILES string of the molecule is Cc1cccc2c(-c3ccc(F)cc3)cc(-c3ccccc3)nc12. The highest BCUT2D eigenvalue weighted by atomic mass is 19.1. The van der Waals surface area contributed by atoms with E-state index in [-0.39, 0.29) is 5.82 Å². The quantitative estimate of drug-likeness (QED) is 0.441. The fourth-order valence-corrected chi connectivity index (χ4v) is 3.02. The summed E-state index contributed by atoms with van der Waals surface area (Å²) in [6.07, 6.45) is 0. The number of aryl methyl sites for hydroxylation is 1. The molecule has 1 aromatic heterocycles. The molecule has 0 amide bonds. The van der Waals surface area contributed by atoms with Crippen LogP contribution < -0.4 is 0 Å². The third-order valence-corrected chi connectivity index (χ3v) is 4.27. The molecule has 0 aliphatic carbocycles. The molecule has 0 bridgehead atoms. The van der Waals surface area contributed by atoms with E-state index in [0.29, 0.717) is 0 Å². The van der Waals surface area contributed by atoms with Gasteiger partial charge in [0.2, 0.25) is 0 Å². The summed E-state index contributed by atoms with van der Waals surface area (Å²) in [4.78, 5) is 4.87. The van der Waals surface area contributed by atoms with Crippen LogP contribution in [-0.4, -0.2) is 4.98 Å². The van der Waals surface area contributed by atoms with Crippen molar-refractivity contribution in [3.63, 3.8) is 0 Å². The molecule has 0 saturated heterocycles. The first-order valence-electron chi connectivity index (χ1n) is 7.94. The zero-order valence-electron chi connectivity index (χ0n) is 13.3. The summed E-state index contributed by atoms with van der Waals surface area (Å²) < 4.78 is 13.3. The molecule has 0 aliphatic heterocycles. The van der Waals surface area contributed by atoms with Crippen LogP contribution in [0.2, 0.25) is 0 Å². The lowest BCUT2D eigenvalue weighted by Gasteiger charge is -2.12. The van der Waals surface area contributed by atoms with Crippen molar-refractivity contribution in [3.05, 3.63) is 90.2 Å². The zero-order valence-corrected chi connectivity index (χ0v) is 13.3. The third-order valence-electron chi connectivity index (χ3n) is 4.27. The molecule has 0 unspecified atom stereocenters. The van der Waals surface area contributed by atoms with Gasteiger partial charge in [-0.3, -0.25) is 0 Å². The van der Waals surface area contributed by atoms with Crippen LogP contribution in [0.3, 0.4) is 0 Å². The molecule has 0 saturated carbocycles. The molecular weight excluding hydrogens is 297 g/mol. The zero-order chi connectivity index (χ0) is 16.5. The highest BCUT2D eigenvalue weighted by Gasteiger charge is 2.11. The number of pyridine rings is 1. The summed E-state index contributed by atoms with van der Waals surface area (Å²) >= 11 is 0. The summed E-state index contributed by atoms with van der Waals surface area (Å²) in [6, 6.07) is 25.0. The predicted octanol–water partition coefficient (Wildman–Crippen LogP) is 6.02. The second-order valence-corrected chi connectivity index (χ2v) is 5.90. The topological polar surface area (TPSA) is 12.9 Å². The third kappa shape index (κ3) is 2.56. The number of hydrogen-bond acceptors (Lipinski definition) is 1. The van der Waals surface area contributed by atoms with Crippen LogP contribution >= 0.6 is 0 Å². The van der Waals surface area contributed by atoms with Crippen molar-refractivity contribution in [2.45, 2.75) is 6.92 Å². The molecule has 0 aliphatic rings. The molecular formula is C22H16FN. The van der Waals surface area contributed by atoms with Gasteiger partial charge in [0.05, 0.1) is 11.2 Å². The maximum atomic E-state index is 13.3. The van der Waals surface area contributed by atoms with Gasteiger partial charge in [0, 0.05) is 10.9 Å². The van der Waals surface area contributed by atoms with E-state index in [1.54, 1.807) is 0 Å². The molecule has 0 spiro atoms. The fourth-order valence-electron chi connectivity index (χ4n) is 3.02. The molecule has 0 atom stereocenters. The normalized spacial score (nSPS) is 10.9. The van der Waals surface area contributed by atoms with Gasteiger partial charge in [0.15, 0.2) is 0 Å². The number of hydrogen-bond donors (Lipinski definition) is 0. The number of rotatable bonds is 2. The summed E-state index contributed by atoms with van der Waals surface area (Å²) in [5.41, 5.74) is 6.18. The van der Waals surface area contributed by atoms with E-state index in [0.717, 1.165) is 38.9 Å². The maximum absolute atomic E-state index is 13.3. The van der Waals surface area contributed by atoms with Gasteiger partial charge in [-0.25, -0.2) is 9.37 Å². The monoisotopic (exact) mass is 313 g/mol. The first-order valence-corrected chi connectivity index (χ1v) is 7.94. The number of aromatic nitrogens is 1. The molecule has 1 nitrogen and oxygen atoms in total. The van der Waals surface area contributed by atoms with Gasteiger partial charge in [0.1, 0.15) is 5.82 Å². The van der Waals surface area contributed by atoms with E-state index in [2.05, 4.69) is 37.3 Å². The van der Waals surface area contributed by atoms with Crippen molar-refractivity contribution in [1.82, 2.24) is 4.98 Å². The van der Waals surface area contributed by atoms with Crippen LogP contribution in [0.15, 0.2) is 78.9 Å². The maximum Gasteiger partial charge on any atom is 0.123 e. The summed E-state index contributed by atoms with van der Waals surface area (Å²) in [5.74, 6) is -0.225. The lowest BCUT2D eigenvalue weighted by Crippen LogP contribution is -1.92. The van der Waals surface area contributed by atoms with Crippen LogP contribution in [0.1, 0.15) is 5.56 Å². The van der Waals surface area contributed by atoms with E-state index in [4.69, 9.17) is 4.98 Å². The lowest BCUT2D eigenvalue weighted by molar-refractivity contribution is 0.628. The Morgan fingerprint density at radius 3 is 2.25 bits per heavy atom. The second-order valence-electron chi connectivity index (χ2n) is 5.90. The molecule has 4 rings (SSSR count). The second kappa shape index (κ2) is 5.89. The van der Waals surface area contributed by atoms with Gasteiger partial charge in [-0.15, -0.1) is 0 Å². The standard InChI is InChI=1S/C22H16FN/c1-15-6-5-9-19-20(16-10-12-18(23)13-11-16)14-21(24-22(15)19)17-7-3-2-4-8-17/h2-14H,1H3.